The van der Waals surface area contributed by atoms with Crippen LogP contribution in [0.3, 0.4) is 0 Å². The number of aromatic nitrogens is 3. The fraction of sp³-hybridized carbons (Fsp3) is 0.179. The fourth-order valence-electron chi connectivity index (χ4n) is 4.33. The van der Waals surface area contributed by atoms with Gasteiger partial charge in [0.2, 0.25) is 5.95 Å². The largest absolute Gasteiger partial charge is 0.489 e. The average molecular weight is 544 g/mol. The van der Waals surface area contributed by atoms with Crippen LogP contribution in [-0.4, -0.2) is 20.7 Å². The van der Waals surface area contributed by atoms with Crippen LogP contribution < -0.4 is 15.4 Å². The smallest absolute Gasteiger partial charge is 0.255 e. The third-order valence-corrected chi connectivity index (χ3v) is 6.71. The molecule has 2 heterocycles. The second-order valence-electron chi connectivity index (χ2n) is 8.85. The lowest BCUT2D eigenvalue weighted by Crippen LogP contribution is -2.31. The van der Waals surface area contributed by atoms with Crippen molar-refractivity contribution in [3.05, 3.63) is 111 Å². The number of hydrogen-bond acceptors (Lipinski definition) is 5. The molecule has 0 fully saturated rings. The van der Waals surface area contributed by atoms with Gasteiger partial charge < -0.3 is 15.4 Å². The quantitative estimate of drug-likeness (QED) is 0.304. The van der Waals surface area contributed by atoms with Gasteiger partial charge in [-0.05, 0) is 67.8 Å². The van der Waals surface area contributed by atoms with E-state index in [-0.39, 0.29) is 5.91 Å². The number of halogens is 1. The first-order chi connectivity index (χ1) is 17.4. The Hall–Kier alpha value is -3.91. The van der Waals surface area contributed by atoms with Gasteiger partial charge in [-0.3, -0.25) is 4.79 Å². The minimum atomic E-state index is -0.435. The molecule has 4 aromatic rings. The molecule has 1 aliphatic heterocycles. The van der Waals surface area contributed by atoms with Gasteiger partial charge in [0, 0.05) is 15.9 Å². The molecule has 0 bridgehead atoms. The Morgan fingerprint density at radius 3 is 2.53 bits per heavy atom. The lowest BCUT2D eigenvalue weighted by atomic mass is 9.94. The molecule has 1 amide bonds. The van der Waals surface area contributed by atoms with E-state index in [1.165, 1.54) is 6.33 Å². The number of allylic oxidation sites excluding steroid dienone is 1. The maximum atomic E-state index is 13.6. The third kappa shape index (κ3) is 4.90. The molecule has 5 rings (SSSR count). The zero-order valence-corrected chi connectivity index (χ0v) is 21.8. The predicted octanol–water partition coefficient (Wildman–Crippen LogP) is 6.16. The Kier molecular flexibility index (Phi) is 6.61. The number of ether oxygens (including phenoxy) is 1. The van der Waals surface area contributed by atoms with E-state index in [0.717, 1.165) is 43.9 Å². The SMILES string of the molecule is CC1=C(C(=O)Nc2ccc(C)cc2C)C(c2ccc(OCc3ccc(Br)cc3)cc2)n2ncnc2N1. The molecule has 182 valence electrons. The number of hydrogen-bond donors (Lipinski definition) is 2. The monoisotopic (exact) mass is 543 g/mol. The van der Waals surface area contributed by atoms with E-state index < -0.39 is 6.04 Å². The van der Waals surface area contributed by atoms with Crippen molar-refractivity contribution in [2.24, 2.45) is 0 Å². The number of carbonyl (C=O) groups is 1. The molecule has 1 aliphatic rings. The van der Waals surface area contributed by atoms with Gasteiger partial charge in [0.1, 0.15) is 24.7 Å². The van der Waals surface area contributed by atoms with Crippen LogP contribution in [0.25, 0.3) is 0 Å². The summed E-state index contributed by atoms with van der Waals surface area (Å²) in [6.07, 6.45) is 1.49. The summed E-state index contributed by atoms with van der Waals surface area (Å²) in [5.74, 6) is 1.15. The second kappa shape index (κ2) is 9.99. The van der Waals surface area contributed by atoms with Crippen LogP contribution in [0.5, 0.6) is 5.75 Å². The highest BCUT2D eigenvalue weighted by Crippen LogP contribution is 2.36. The van der Waals surface area contributed by atoms with Crippen molar-refractivity contribution in [2.45, 2.75) is 33.4 Å². The highest BCUT2D eigenvalue weighted by Gasteiger charge is 2.33. The summed E-state index contributed by atoms with van der Waals surface area (Å²) in [4.78, 5) is 17.9. The van der Waals surface area contributed by atoms with E-state index >= 15 is 0 Å². The first kappa shape index (κ1) is 23.8. The number of carbonyl (C=O) groups excluding carboxylic acids is 1. The number of amides is 1. The third-order valence-electron chi connectivity index (χ3n) is 6.18. The minimum Gasteiger partial charge on any atom is -0.489 e. The van der Waals surface area contributed by atoms with Gasteiger partial charge in [0.25, 0.3) is 5.91 Å². The molecular formula is C28H26BrN5O2. The van der Waals surface area contributed by atoms with Crippen LogP contribution >= 0.6 is 15.9 Å². The molecule has 2 N–H and O–H groups in total. The molecule has 8 heteroatoms. The Morgan fingerprint density at radius 1 is 1.06 bits per heavy atom. The van der Waals surface area contributed by atoms with Gasteiger partial charge in [-0.1, -0.05) is 57.9 Å². The zero-order chi connectivity index (χ0) is 25.2. The van der Waals surface area contributed by atoms with Crippen LogP contribution in [0.1, 0.15) is 35.2 Å². The van der Waals surface area contributed by atoms with Crippen molar-refractivity contribution in [1.82, 2.24) is 14.8 Å². The normalized spacial score (nSPS) is 14.7. The molecule has 1 aromatic heterocycles. The number of nitrogens with one attached hydrogen (secondary N) is 2. The van der Waals surface area contributed by atoms with Gasteiger partial charge in [0.15, 0.2) is 0 Å². The second-order valence-corrected chi connectivity index (χ2v) is 9.77. The summed E-state index contributed by atoms with van der Waals surface area (Å²) < 4.78 is 8.74. The lowest BCUT2D eigenvalue weighted by Gasteiger charge is -2.29. The number of anilines is 2. The number of fused-ring (bicyclic) bond motifs is 1. The van der Waals surface area contributed by atoms with E-state index in [9.17, 15) is 4.79 Å². The molecule has 7 nitrogen and oxygen atoms in total. The van der Waals surface area contributed by atoms with Crippen molar-refractivity contribution < 1.29 is 9.53 Å². The lowest BCUT2D eigenvalue weighted by molar-refractivity contribution is -0.113. The molecular weight excluding hydrogens is 518 g/mol. The van der Waals surface area contributed by atoms with Gasteiger partial charge in [-0.15, -0.1) is 0 Å². The zero-order valence-electron chi connectivity index (χ0n) is 20.2. The van der Waals surface area contributed by atoms with Crippen molar-refractivity contribution in [1.29, 1.82) is 0 Å². The van der Waals surface area contributed by atoms with Crippen LogP contribution in [0.4, 0.5) is 11.6 Å². The van der Waals surface area contributed by atoms with E-state index in [0.29, 0.717) is 18.1 Å². The van der Waals surface area contributed by atoms with Gasteiger partial charge in [-0.25, -0.2) is 4.68 Å². The molecule has 0 saturated carbocycles. The first-order valence-electron chi connectivity index (χ1n) is 11.6. The molecule has 1 atom stereocenters. The number of aryl methyl sites for hydroxylation is 2. The minimum absolute atomic E-state index is 0.186. The van der Waals surface area contributed by atoms with Crippen LogP contribution in [0.15, 0.2) is 88.8 Å². The van der Waals surface area contributed by atoms with Crippen LogP contribution in [0, 0.1) is 13.8 Å². The van der Waals surface area contributed by atoms with Crippen LogP contribution in [-0.2, 0) is 11.4 Å². The highest BCUT2D eigenvalue weighted by atomic mass is 79.9. The Balaban J connectivity index is 1.41. The number of benzene rings is 3. The maximum Gasteiger partial charge on any atom is 0.255 e. The molecule has 0 radical (unpaired) electrons. The molecule has 0 aliphatic carbocycles. The topological polar surface area (TPSA) is 81.1 Å². The Labute approximate surface area is 218 Å². The van der Waals surface area contributed by atoms with Crippen molar-refractivity contribution in [3.63, 3.8) is 0 Å². The van der Waals surface area contributed by atoms with E-state index in [2.05, 4.69) is 42.7 Å². The van der Waals surface area contributed by atoms with Crippen molar-refractivity contribution in [2.75, 3.05) is 10.6 Å². The molecule has 0 saturated heterocycles. The number of rotatable bonds is 6. The number of nitrogens with zero attached hydrogens (tertiary/aromatic N) is 3. The maximum absolute atomic E-state index is 13.6. The van der Waals surface area contributed by atoms with Gasteiger partial charge in [-0.2, -0.15) is 10.1 Å². The average Bonchev–Trinajstić information content (AvgIpc) is 3.33. The summed E-state index contributed by atoms with van der Waals surface area (Å²) in [7, 11) is 0. The predicted molar refractivity (Wildman–Crippen MR) is 144 cm³/mol. The molecule has 1 unspecified atom stereocenters. The van der Waals surface area contributed by atoms with E-state index in [4.69, 9.17) is 4.74 Å². The van der Waals surface area contributed by atoms with Gasteiger partial charge >= 0.3 is 0 Å². The summed E-state index contributed by atoms with van der Waals surface area (Å²) in [5, 5.41) is 10.7. The van der Waals surface area contributed by atoms with E-state index in [1.807, 2.05) is 81.4 Å². The summed E-state index contributed by atoms with van der Waals surface area (Å²) >= 11 is 3.45. The van der Waals surface area contributed by atoms with Crippen LogP contribution in [0.2, 0.25) is 0 Å². The Bertz CT molecular complexity index is 1440. The highest BCUT2D eigenvalue weighted by molar-refractivity contribution is 9.10. The van der Waals surface area contributed by atoms with E-state index in [1.54, 1.807) is 4.68 Å². The molecule has 3 aromatic carbocycles. The molecule has 36 heavy (non-hydrogen) atoms. The standard InChI is InChI=1S/C28H26BrN5O2/c1-17-4-13-24(18(2)14-17)33-27(35)25-19(3)32-28-30-16-31-34(28)26(25)21-7-11-23(12-8-21)36-15-20-5-9-22(29)10-6-20/h4-14,16,26H,15H2,1-3H3,(H,33,35)(H,30,31,32). The fourth-order valence-corrected chi connectivity index (χ4v) is 4.59. The Morgan fingerprint density at radius 2 is 1.81 bits per heavy atom. The van der Waals surface area contributed by atoms with Gasteiger partial charge in [0.05, 0.1) is 5.57 Å². The summed E-state index contributed by atoms with van der Waals surface area (Å²) in [6, 6.07) is 21.3. The van der Waals surface area contributed by atoms with Crippen molar-refractivity contribution in [3.8, 4) is 5.75 Å². The van der Waals surface area contributed by atoms with Crippen molar-refractivity contribution >= 4 is 33.5 Å². The summed E-state index contributed by atoms with van der Waals surface area (Å²) in [6.45, 7) is 6.38. The first-order valence-corrected chi connectivity index (χ1v) is 12.4. The molecule has 0 spiro atoms. The summed E-state index contributed by atoms with van der Waals surface area (Å²) in [5.41, 5.74) is 6.24.